The van der Waals surface area contributed by atoms with Crippen LogP contribution < -0.4 is 0 Å². The third-order valence-electron chi connectivity index (χ3n) is 5.19. The fourth-order valence-corrected chi connectivity index (χ4v) is 3.85. The fraction of sp³-hybridized carbons (Fsp3) is 0.733. The number of hydrogen-bond acceptors (Lipinski definition) is 2. The van der Waals surface area contributed by atoms with Crippen molar-refractivity contribution in [1.29, 1.82) is 0 Å². The molecule has 0 radical (unpaired) electrons. The molecule has 2 fully saturated rings. The van der Waals surface area contributed by atoms with Crippen molar-refractivity contribution in [3.8, 4) is 0 Å². The van der Waals surface area contributed by atoms with E-state index in [9.17, 15) is 14.7 Å². The van der Waals surface area contributed by atoms with Crippen LogP contribution in [0.25, 0.3) is 0 Å². The number of carboxylic acids is 1. The van der Waals surface area contributed by atoms with Crippen LogP contribution in [0.5, 0.6) is 0 Å². The molecule has 1 amide bonds. The summed E-state index contributed by atoms with van der Waals surface area (Å²) in [4.78, 5) is 25.7. The van der Waals surface area contributed by atoms with Crippen LogP contribution in [0, 0.1) is 35.5 Å². The molecule has 1 N–H and O–H groups in total. The first-order valence-corrected chi connectivity index (χ1v) is 7.15. The zero-order valence-electron chi connectivity index (χ0n) is 11.5. The minimum atomic E-state index is -0.816. The summed E-state index contributed by atoms with van der Waals surface area (Å²) in [6, 6.07) is 0. The van der Waals surface area contributed by atoms with Crippen molar-refractivity contribution < 1.29 is 14.7 Å². The van der Waals surface area contributed by atoms with Gasteiger partial charge in [0.25, 0.3) is 0 Å². The van der Waals surface area contributed by atoms with Gasteiger partial charge in [-0.2, -0.15) is 0 Å². The maximum atomic E-state index is 12.5. The Labute approximate surface area is 113 Å². The van der Waals surface area contributed by atoms with E-state index in [1.165, 1.54) is 6.42 Å². The van der Waals surface area contributed by atoms with Crippen molar-refractivity contribution in [2.45, 2.75) is 19.8 Å². The molecule has 3 rings (SSSR count). The first-order valence-electron chi connectivity index (χ1n) is 7.15. The van der Waals surface area contributed by atoms with Gasteiger partial charge in [0, 0.05) is 13.6 Å². The Bertz CT molecular complexity index is 445. The summed E-state index contributed by atoms with van der Waals surface area (Å²) in [5.74, 6) is -0.112. The van der Waals surface area contributed by atoms with Gasteiger partial charge in [-0.1, -0.05) is 19.1 Å². The van der Waals surface area contributed by atoms with E-state index in [1.807, 2.05) is 19.2 Å². The number of allylic oxidation sites excluding steroid dienone is 2. The lowest BCUT2D eigenvalue weighted by atomic mass is 9.82. The summed E-state index contributed by atoms with van der Waals surface area (Å²) in [6.07, 6.45) is 6.05. The summed E-state index contributed by atoms with van der Waals surface area (Å²) in [6.45, 7) is 2.98. The lowest BCUT2D eigenvalue weighted by Gasteiger charge is -2.28. The minimum Gasteiger partial charge on any atom is -0.481 e. The zero-order chi connectivity index (χ0) is 13.7. The monoisotopic (exact) mass is 263 g/mol. The quantitative estimate of drug-likeness (QED) is 0.784. The number of carbonyl (C=O) groups excluding carboxylic acids is 1. The van der Waals surface area contributed by atoms with Crippen LogP contribution in [0.15, 0.2) is 12.2 Å². The predicted molar refractivity (Wildman–Crippen MR) is 70.3 cm³/mol. The number of hydrogen-bond donors (Lipinski definition) is 1. The molecular weight excluding hydrogens is 242 g/mol. The smallest absolute Gasteiger partial charge is 0.307 e. The number of carbonyl (C=O) groups is 2. The van der Waals surface area contributed by atoms with Gasteiger partial charge in [-0.3, -0.25) is 9.59 Å². The van der Waals surface area contributed by atoms with E-state index in [0.717, 1.165) is 13.0 Å². The second kappa shape index (κ2) is 4.36. The molecule has 6 atom stereocenters. The van der Waals surface area contributed by atoms with Crippen molar-refractivity contribution in [1.82, 2.24) is 4.90 Å². The summed E-state index contributed by atoms with van der Waals surface area (Å²) in [7, 11) is 1.82. The van der Waals surface area contributed by atoms with Crippen LogP contribution in [0.3, 0.4) is 0 Å². The highest BCUT2D eigenvalue weighted by Gasteiger charge is 2.52. The average Bonchev–Trinajstić information content (AvgIpc) is 2.82. The van der Waals surface area contributed by atoms with E-state index < -0.39 is 11.9 Å². The maximum absolute atomic E-state index is 12.5. The van der Waals surface area contributed by atoms with Gasteiger partial charge >= 0.3 is 5.97 Å². The Balaban J connectivity index is 1.71. The second-order valence-electron chi connectivity index (χ2n) is 6.53. The van der Waals surface area contributed by atoms with Gasteiger partial charge < -0.3 is 10.0 Å². The molecule has 0 aromatic rings. The highest BCUT2D eigenvalue weighted by Crippen LogP contribution is 2.49. The van der Waals surface area contributed by atoms with E-state index in [2.05, 4.69) is 6.92 Å². The zero-order valence-corrected chi connectivity index (χ0v) is 11.5. The maximum Gasteiger partial charge on any atom is 0.307 e. The molecule has 2 saturated carbocycles. The van der Waals surface area contributed by atoms with E-state index in [0.29, 0.717) is 11.8 Å². The molecule has 4 nitrogen and oxygen atoms in total. The van der Waals surface area contributed by atoms with E-state index in [-0.39, 0.29) is 23.7 Å². The molecule has 3 aliphatic rings. The number of amides is 1. The first-order chi connectivity index (χ1) is 8.99. The minimum absolute atomic E-state index is 0.0309. The van der Waals surface area contributed by atoms with E-state index in [1.54, 1.807) is 4.90 Å². The molecular formula is C15H21NO3. The van der Waals surface area contributed by atoms with Crippen LogP contribution in [-0.4, -0.2) is 35.5 Å². The summed E-state index contributed by atoms with van der Waals surface area (Å²) < 4.78 is 0. The van der Waals surface area contributed by atoms with Gasteiger partial charge in [0.2, 0.25) is 5.91 Å². The largest absolute Gasteiger partial charge is 0.481 e. The Morgan fingerprint density at radius 3 is 2.32 bits per heavy atom. The molecule has 0 aromatic carbocycles. The highest BCUT2D eigenvalue weighted by atomic mass is 16.4. The van der Waals surface area contributed by atoms with Crippen molar-refractivity contribution in [2.24, 2.45) is 35.5 Å². The van der Waals surface area contributed by atoms with Crippen LogP contribution in [0.2, 0.25) is 0 Å². The molecule has 3 aliphatic carbocycles. The van der Waals surface area contributed by atoms with Crippen LogP contribution in [0.1, 0.15) is 19.8 Å². The standard InChI is InChI=1S/C15H21NO3/c1-8-5-11(8)7-16(2)14(17)12-9-3-4-10(6-9)13(12)15(18)19/h3-4,8-13H,5-7H2,1-2H3,(H,18,19). The van der Waals surface area contributed by atoms with Crippen molar-refractivity contribution in [3.63, 3.8) is 0 Å². The van der Waals surface area contributed by atoms with Gasteiger partial charge in [-0.05, 0) is 36.5 Å². The summed E-state index contributed by atoms with van der Waals surface area (Å²) in [5.41, 5.74) is 0. The average molecular weight is 263 g/mol. The topological polar surface area (TPSA) is 57.6 Å². The number of nitrogens with zero attached hydrogens (tertiary/aromatic N) is 1. The van der Waals surface area contributed by atoms with Crippen LogP contribution in [-0.2, 0) is 9.59 Å². The molecule has 6 unspecified atom stereocenters. The fourth-order valence-electron chi connectivity index (χ4n) is 3.85. The lowest BCUT2D eigenvalue weighted by molar-refractivity contribution is -0.150. The Kier molecular flexibility index (Phi) is 2.91. The van der Waals surface area contributed by atoms with Crippen molar-refractivity contribution >= 4 is 11.9 Å². The van der Waals surface area contributed by atoms with Crippen molar-refractivity contribution in [2.75, 3.05) is 13.6 Å². The second-order valence-corrected chi connectivity index (χ2v) is 6.53. The van der Waals surface area contributed by atoms with Gasteiger partial charge in [-0.15, -0.1) is 0 Å². The molecule has 0 saturated heterocycles. The normalized spacial score (nSPS) is 42.4. The molecule has 104 valence electrons. The Morgan fingerprint density at radius 2 is 1.79 bits per heavy atom. The number of carboxylic acid groups (broad SMARTS) is 1. The van der Waals surface area contributed by atoms with E-state index in [4.69, 9.17) is 0 Å². The summed E-state index contributed by atoms with van der Waals surface area (Å²) >= 11 is 0. The van der Waals surface area contributed by atoms with Gasteiger partial charge in [0.15, 0.2) is 0 Å². The Morgan fingerprint density at radius 1 is 1.21 bits per heavy atom. The first kappa shape index (κ1) is 12.7. The van der Waals surface area contributed by atoms with Gasteiger partial charge in [0.1, 0.15) is 0 Å². The van der Waals surface area contributed by atoms with Crippen LogP contribution >= 0.6 is 0 Å². The highest BCUT2D eigenvalue weighted by molar-refractivity contribution is 5.86. The summed E-state index contributed by atoms with van der Waals surface area (Å²) in [5, 5.41) is 9.37. The van der Waals surface area contributed by atoms with E-state index >= 15 is 0 Å². The number of fused-ring (bicyclic) bond motifs is 2. The molecule has 0 aromatic heterocycles. The predicted octanol–water partition coefficient (Wildman–Crippen LogP) is 1.62. The van der Waals surface area contributed by atoms with Gasteiger partial charge in [-0.25, -0.2) is 0 Å². The number of aliphatic carboxylic acids is 1. The molecule has 0 aliphatic heterocycles. The van der Waals surface area contributed by atoms with Crippen LogP contribution in [0.4, 0.5) is 0 Å². The molecule has 0 spiro atoms. The SMILES string of the molecule is CC1CC1CN(C)C(=O)C1C2C=CC(C2)C1C(=O)O. The third kappa shape index (κ3) is 2.07. The molecule has 19 heavy (non-hydrogen) atoms. The third-order valence-corrected chi connectivity index (χ3v) is 5.19. The number of rotatable bonds is 4. The van der Waals surface area contributed by atoms with Gasteiger partial charge in [0.05, 0.1) is 11.8 Å². The molecule has 4 heteroatoms. The molecule has 0 heterocycles. The molecule has 2 bridgehead atoms. The van der Waals surface area contributed by atoms with Crippen molar-refractivity contribution in [3.05, 3.63) is 12.2 Å². The Hall–Kier alpha value is -1.32. The lowest BCUT2D eigenvalue weighted by Crippen LogP contribution is -2.42.